The van der Waals surface area contributed by atoms with Crippen LogP contribution in [0.15, 0.2) is 71.5 Å². The molecule has 2 rings (SSSR count). The summed E-state index contributed by atoms with van der Waals surface area (Å²) in [6.07, 6.45) is 7.93. The first-order valence-electron chi connectivity index (χ1n) is 8.60. The molecule has 0 amide bonds. The Hall–Kier alpha value is -2.28. The van der Waals surface area contributed by atoms with Gasteiger partial charge in [0.25, 0.3) is 0 Å². The fourth-order valence-electron chi connectivity index (χ4n) is 2.59. The Bertz CT molecular complexity index is 655. The van der Waals surface area contributed by atoms with Crippen LogP contribution < -0.4 is 5.73 Å². The summed E-state index contributed by atoms with van der Waals surface area (Å²) in [5.74, 6) is 0.0814. The van der Waals surface area contributed by atoms with Crippen LogP contribution in [-0.4, -0.2) is 20.0 Å². The van der Waals surface area contributed by atoms with Crippen LogP contribution in [-0.2, 0) is 9.47 Å². The number of rotatable bonds is 6. The van der Waals surface area contributed by atoms with Gasteiger partial charge in [-0.05, 0) is 50.5 Å². The first kappa shape index (κ1) is 22.8. The minimum absolute atomic E-state index is 0.207. The SMILES string of the molecule is C=C(/C=C\C/C=C\CC1=C2OCCCC2=CCC(F)=C1)OC(F)(F)F.CN. The fraction of sp³-hybridized carbons (Fsp3) is 0.400. The highest BCUT2D eigenvalue weighted by Gasteiger charge is 2.30. The molecule has 2 N–H and O–H groups in total. The van der Waals surface area contributed by atoms with E-state index >= 15 is 0 Å². The molecule has 1 aliphatic carbocycles. The molecule has 0 radical (unpaired) electrons. The third kappa shape index (κ3) is 8.77. The molecule has 0 aromatic carbocycles. The summed E-state index contributed by atoms with van der Waals surface area (Å²) in [7, 11) is 1.50. The first-order chi connectivity index (χ1) is 12.8. The standard InChI is InChI=1S/C19H20F4O2.CH5N/c1-14(25-19(21,22)23)7-4-2-3-5-8-16-13-17(20)11-10-15-9-6-12-24-18(15)16;1-2/h3-5,7,10,13H,1-2,6,8-9,11-12H2;2H2,1H3/b5-3-,7-4-;. The Morgan fingerprint density at radius 1 is 1.30 bits per heavy atom. The minimum atomic E-state index is -4.73. The van der Waals surface area contributed by atoms with E-state index in [9.17, 15) is 17.6 Å². The second-order valence-electron chi connectivity index (χ2n) is 5.66. The van der Waals surface area contributed by atoms with Crippen molar-refractivity contribution in [2.24, 2.45) is 5.73 Å². The van der Waals surface area contributed by atoms with Crippen LogP contribution in [0.3, 0.4) is 0 Å². The van der Waals surface area contributed by atoms with Crippen molar-refractivity contribution in [3.05, 3.63) is 71.5 Å². The molecule has 0 spiro atoms. The molecule has 1 aliphatic heterocycles. The fourth-order valence-corrected chi connectivity index (χ4v) is 2.59. The lowest BCUT2D eigenvalue weighted by Crippen LogP contribution is -2.11. The van der Waals surface area contributed by atoms with Crippen molar-refractivity contribution in [2.45, 2.75) is 38.5 Å². The van der Waals surface area contributed by atoms with Crippen LogP contribution in [0.2, 0.25) is 0 Å². The van der Waals surface area contributed by atoms with Gasteiger partial charge in [-0.1, -0.05) is 30.9 Å². The van der Waals surface area contributed by atoms with E-state index < -0.39 is 12.1 Å². The van der Waals surface area contributed by atoms with Crippen LogP contribution in [0.4, 0.5) is 17.6 Å². The van der Waals surface area contributed by atoms with Gasteiger partial charge in [0.2, 0.25) is 0 Å². The van der Waals surface area contributed by atoms with Gasteiger partial charge in [-0.25, -0.2) is 4.39 Å². The predicted molar refractivity (Wildman–Crippen MR) is 98.0 cm³/mol. The predicted octanol–water partition coefficient (Wildman–Crippen LogP) is 5.75. The maximum absolute atomic E-state index is 13.8. The monoisotopic (exact) mass is 387 g/mol. The van der Waals surface area contributed by atoms with Crippen molar-refractivity contribution in [3.8, 4) is 0 Å². The van der Waals surface area contributed by atoms with Gasteiger partial charge in [0.1, 0.15) is 17.3 Å². The molecule has 1 saturated heterocycles. The molecule has 27 heavy (non-hydrogen) atoms. The number of ether oxygens (including phenoxy) is 2. The van der Waals surface area contributed by atoms with Gasteiger partial charge < -0.3 is 15.2 Å². The molecule has 0 unspecified atom stereocenters. The van der Waals surface area contributed by atoms with Crippen molar-refractivity contribution in [1.29, 1.82) is 0 Å². The lowest BCUT2D eigenvalue weighted by atomic mass is 10.0. The average molecular weight is 387 g/mol. The summed E-state index contributed by atoms with van der Waals surface area (Å²) in [5.41, 5.74) is 6.32. The third-order valence-corrected chi connectivity index (χ3v) is 3.62. The van der Waals surface area contributed by atoms with Gasteiger partial charge in [-0.3, -0.25) is 0 Å². The van der Waals surface area contributed by atoms with Crippen molar-refractivity contribution < 1.29 is 27.0 Å². The number of halogens is 4. The molecular formula is C20H25F4NO2. The minimum Gasteiger partial charge on any atom is -0.493 e. The van der Waals surface area contributed by atoms with E-state index in [0.29, 0.717) is 19.4 Å². The average Bonchev–Trinajstić information content (AvgIpc) is 2.77. The molecular weight excluding hydrogens is 362 g/mol. The normalized spacial score (nSPS) is 17.4. The maximum Gasteiger partial charge on any atom is 0.573 e. The Morgan fingerprint density at radius 2 is 2.04 bits per heavy atom. The van der Waals surface area contributed by atoms with Gasteiger partial charge >= 0.3 is 6.36 Å². The van der Waals surface area contributed by atoms with E-state index in [1.54, 1.807) is 6.08 Å². The van der Waals surface area contributed by atoms with Crippen LogP contribution in [0, 0.1) is 0 Å². The molecule has 3 nitrogen and oxygen atoms in total. The molecule has 1 fully saturated rings. The largest absolute Gasteiger partial charge is 0.573 e. The highest BCUT2D eigenvalue weighted by molar-refractivity contribution is 5.42. The Labute approximate surface area is 157 Å². The summed E-state index contributed by atoms with van der Waals surface area (Å²) < 4.78 is 59.0. The van der Waals surface area contributed by atoms with E-state index in [0.717, 1.165) is 35.8 Å². The summed E-state index contributed by atoms with van der Waals surface area (Å²) in [6, 6.07) is 0. The quantitative estimate of drug-likeness (QED) is 0.273. The molecule has 150 valence electrons. The van der Waals surface area contributed by atoms with Gasteiger partial charge in [-0.15, -0.1) is 13.2 Å². The first-order valence-corrected chi connectivity index (χ1v) is 8.60. The van der Waals surface area contributed by atoms with Crippen LogP contribution in [0.1, 0.15) is 32.1 Å². The third-order valence-electron chi connectivity index (χ3n) is 3.62. The molecule has 1 heterocycles. The molecule has 0 aromatic heterocycles. The highest BCUT2D eigenvalue weighted by Crippen LogP contribution is 2.32. The summed E-state index contributed by atoms with van der Waals surface area (Å²) >= 11 is 0. The zero-order valence-electron chi connectivity index (χ0n) is 15.3. The van der Waals surface area contributed by atoms with E-state index in [1.165, 1.54) is 19.2 Å². The molecule has 0 atom stereocenters. The smallest absolute Gasteiger partial charge is 0.493 e. The van der Waals surface area contributed by atoms with E-state index in [-0.39, 0.29) is 12.2 Å². The van der Waals surface area contributed by atoms with Crippen molar-refractivity contribution in [3.63, 3.8) is 0 Å². The molecule has 0 bridgehead atoms. The van der Waals surface area contributed by atoms with Crippen LogP contribution >= 0.6 is 0 Å². The highest BCUT2D eigenvalue weighted by atomic mass is 19.4. The zero-order valence-corrected chi connectivity index (χ0v) is 15.3. The van der Waals surface area contributed by atoms with Crippen LogP contribution in [0.25, 0.3) is 0 Å². The number of hydrogen-bond acceptors (Lipinski definition) is 3. The Kier molecular flexibility index (Phi) is 9.64. The second-order valence-corrected chi connectivity index (χ2v) is 5.66. The number of fused-ring (bicyclic) bond motifs is 1. The van der Waals surface area contributed by atoms with Crippen molar-refractivity contribution in [1.82, 2.24) is 0 Å². The number of alkyl halides is 3. The summed E-state index contributed by atoms with van der Waals surface area (Å²) in [4.78, 5) is 0. The van der Waals surface area contributed by atoms with Gasteiger partial charge in [0, 0.05) is 12.0 Å². The molecule has 0 saturated carbocycles. The van der Waals surface area contributed by atoms with Gasteiger partial charge in [0.05, 0.1) is 6.61 Å². The number of nitrogens with two attached hydrogens (primary N) is 1. The second kappa shape index (κ2) is 11.4. The molecule has 0 aromatic rings. The zero-order chi connectivity index (χ0) is 20.3. The topological polar surface area (TPSA) is 44.5 Å². The van der Waals surface area contributed by atoms with E-state index in [1.807, 2.05) is 12.2 Å². The lowest BCUT2D eigenvalue weighted by molar-refractivity contribution is -0.303. The van der Waals surface area contributed by atoms with Crippen molar-refractivity contribution in [2.75, 3.05) is 13.7 Å². The van der Waals surface area contributed by atoms with Gasteiger partial charge in [0.15, 0.2) is 0 Å². The van der Waals surface area contributed by atoms with Gasteiger partial charge in [-0.2, -0.15) is 0 Å². The Balaban J connectivity index is 0.00000176. The maximum atomic E-state index is 13.8. The number of hydrogen-bond donors (Lipinski definition) is 1. The molecule has 7 heteroatoms. The van der Waals surface area contributed by atoms with Crippen LogP contribution in [0.5, 0.6) is 0 Å². The molecule has 2 aliphatic rings. The Morgan fingerprint density at radius 3 is 2.74 bits per heavy atom. The van der Waals surface area contributed by atoms with Crippen molar-refractivity contribution >= 4 is 0 Å². The summed E-state index contributed by atoms with van der Waals surface area (Å²) in [5, 5.41) is 0. The summed E-state index contributed by atoms with van der Waals surface area (Å²) in [6.45, 7) is 3.79. The number of allylic oxidation sites excluding steroid dienone is 9. The lowest BCUT2D eigenvalue weighted by Gasteiger charge is -2.21. The van der Waals surface area contributed by atoms with E-state index in [2.05, 4.69) is 17.0 Å². The van der Waals surface area contributed by atoms with E-state index in [4.69, 9.17) is 4.74 Å².